The molecular formula is C16H16BrFO4. The Morgan fingerprint density at radius 1 is 1.23 bits per heavy atom. The van der Waals surface area contributed by atoms with E-state index >= 15 is 0 Å². The highest BCUT2D eigenvalue weighted by molar-refractivity contribution is 9.10. The van der Waals surface area contributed by atoms with Gasteiger partial charge in [0, 0.05) is 5.92 Å². The smallest absolute Gasteiger partial charge is 0.310 e. The fourth-order valence-electron chi connectivity index (χ4n) is 2.77. The summed E-state index contributed by atoms with van der Waals surface area (Å²) in [6.45, 7) is 0. The molecule has 1 aliphatic rings. The lowest BCUT2D eigenvalue weighted by Gasteiger charge is -2.31. The Labute approximate surface area is 136 Å². The van der Waals surface area contributed by atoms with E-state index in [1.54, 1.807) is 12.1 Å². The highest BCUT2D eigenvalue weighted by atomic mass is 79.9. The third-order valence-corrected chi connectivity index (χ3v) is 4.50. The highest BCUT2D eigenvalue weighted by Gasteiger charge is 2.42. The number of rotatable bonds is 3. The molecule has 1 aliphatic carbocycles. The van der Waals surface area contributed by atoms with Crippen LogP contribution in [0.25, 0.3) is 0 Å². The molecule has 0 saturated heterocycles. The molecule has 0 fully saturated rings. The van der Waals surface area contributed by atoms with Crippen LogP contribution in [0.3, 0.4) is 0 Å². The molecule has 6 heteroatoms. The fraction of sp³-hybridized carbons (Fsp3) is 0.375. The van der Waals surface area contributed by atoms with Crippen LogP contribution in [0.4, 0.5) is 4.39 Å². The first-order valence-corrected chi connectivity index (χ1v) is 7.56. The van der Waals surface area contributed by atoms with Gasteiger partial charge in [0.1, 0.15) is 5.82 Å². The summed E-state index contributed by atoms with van der Waals surface area (Å²) in [6.07, 6.45) is 4.01. The van der Waals surface area contributed by atoms with Gasteiger partial charge in [-0.3, -0.25) is 9.59 Å². The Morgan fingerprint density at radius 2 is 1.91 bits per heavy atom. The summed E-state index contributed by atoms with van der Waals surface area (Å²) in [5, 5.41) is 0. The first kappa shape index (κ1) is 16.7. The highest BCUT2D eigenvalue weighted by Crippen LogP contribution is 2.39. The van der Waals surface area contributed by atoms with Crippen LogP contribution >= 0.6 is 15.9 Å². The lowest BCUT2D eigenvalue weighted by Crippen LogP contribution is -2.37. The van der Waals surface area contributed by atoms with Crippen molar-refractivity contribution in [1.29, 1.82) is 0 Å². The summed E-state index contributed by atoms with van der Waals surface area (Å²) >= 11 is 3.10. The molecule has 2 rings (SSSR count). The lowest BCUT2D eigenvalue weighted by molar-refractivity contribution is -0.158. The third-order valence-electron chi connectivity index (χ3n) is 3.86. The molecule has 0 aromatic heterocycles. The van der Waals surface area contributed by atoms with Crippen LogP contribution in [0.5, 0.6) is 0 Å². The average molecular weight is 371 g/mol. The number of carbonyl (C=O) groups excluding carboxylic acids is 2. The quantitative estimate of drug-likeness (QED) is 0.605. The summed E-state index contributed by atoms with van der Waals surface area (Å²) < 4.78 is 23.7. The Morgan fingerprint density at radius 3 is 2.50 bits per heavy atom. The van der Waals surface area contributed by atoms with Gasteiger partial charge in [0.25, 0.3) is 0 Å². The maximum atomic E-state index is 13.8. The molecule has 0 radical (unpaired) electrons. The van der Waals surface area contributed by atoms with Crippen LogP contribution < -0.4 is 0 Å². The lowest BCUT2D eigenvalue weighted by atomic mass is 9.73. The minimum Gasteiger partial charge on any atom is -0.469 e. The molecule has 1 unspecified atom stereocenters. The van der Waals surface area contributed by atoms with E-state index in [0.29, 0.717) is 16.5 Å². The molecule has 0 spiro atoms. The minimum absolute atomic E-state index is 0.343. The molecule has 22 heavy (non-hydrogen) atoms. The summed E-state index contributed by atoms with van der Waals surface area (Å²) in [4.78, 5) is 24.1. The number of carbonyl (C=O) groups is 2. The number of esters is 2. The van der Waals surface area contributed by atoms with Gasteiger partial charge in [0.05, 0.1) is 30.5 Å². The van der Waals surface area contributed by atoms with E-state index < -0.39 is 35.5 Å². The second-order valence-corrected chi connectivity index (χ2v) is 5.90. The molecule has 0 N–H and O–H groups in total. The summed E-state index contributed by atoms with van der Waals surface area (Å²) in [7, 11) is 2.55. The van der Waals surface area contributed by atoms with Gasteiger partial charge in [-0.05, 0) is 40.0 Å². The second kappa shape index (κ2) is 7.05. The molecule has 1 aromatic rings. The molecule has 118 valence electrons. The summed E-state index contributed by atoms with van der Waals surface area (Å²) in [5.74, 6) is -3.21. The zero-order valence-electron chi connectivity index (χ0n) is 12.2. The van der Waals surface area contributed by atoms with Gasteiger partial charge in [-0.2, -0.15) is 0 Å². The van der Waals surface area contributed by atoms with Crippen molar-refractivity contribution >= 4 is 27.9 Å². The average Bonchev–Trinajstić information content (AvgIpc) is 2.55. The van der Waals surface area contributed by atoms with Gasteiger partial charge in [0.15, 0.2) is 0 Å². The second-order valence-electron chi connectivity index (χ2n) is 5.04. The van der Waals surface area contributed by atoms with Gasteiger partial charge >= 0.3 is 11.9 Å². The van der Waals surface area contributed by atoms with Gasteiger partial charge < -0.3 is 9.47 Å². The van der Waals surface area contributed by atoms with Crippen LogP contribution in [-0.2, 0) is 19.1 Å². The van der Waals surface area contributed by atoms with E-state index in [1.165, 1.54) is 20.3 Å². The Bertz CT molecular complexity index is 614. The monoisotopic (exact) mass is 370 g/mol. The number of halogens is 2. The van der Waals surface area contributed by atoms with E-state index in [9.17, 15) is 14.0 Å². The molecule has 0 amide bonds. The van der Waals surface area contributed by atoms with E-state index in [0.717, 1.165) is 0 Å². The normalized spacial score (nSPS) is 23.9. The van der Waals surface area contributed by atoms with E-state index in [1.807, 2.05) is 12.2 Å². The Hall–Kier alpha value is -1.69. The molecular weight excluding hydrogens is 355 g/mol. The summed E-state index contributed by atoms with van der Waals surface area (Å²) in [6, 6.07) is 4.65. The third kappa shape index (κ3) is 3.21. The Balaban J connectivity index is 2.44. The molecule has 0 bridgehead atoms. The number of ether oxygens (including phenoxy) is 2. The van der Waals surface area contributed by atoms with Crippen molar-refractivity contribution in [2.45, 2.75) is 12.3 Å². The van der Waals surface area contributed by atoms with Crippen molar-refractivity contribution in [3.63, 3.8) is 0 Å². The molecule has 0 saturated carbocycles. The number of methoxy groups -OCH3 is 2. The topological polar surface area (TPSA) is 52.6 Å². The summed E-state index contributed by atoms with van der Waals surface area (Å²) in [5.41, 5.74) is 0.612. The minimum atomic E-state index is -0.733. The van der Waals surface area contributed by atoms with E-state index in [-0.39, 0.29) is 0 Å². The van der Waals surface area contributed by atoms with Gasteiger partial charge in [-0.25, -0.2) is 4.39 Å². The van der Waals surface area contributed by atoms with Crippen LogP contribution in [0.15, 0.2) is 34.8 Å². The van der Waals surface area contributed by atoms with Gasteiger partial charge in [0.2, 0.25) is 0 Å². The maximum absolute atomic E-state index is 13.8. The maximum Gasteiger partial charge on any atom is 0.310 e. The van der Waals surface area contributed by atoms with E-state index in [4.69, 9.17) is 9.47 Å². The van der Waals surface area contributed by atoms with Crippen molar-refractivity contribution in [3.05, 3.63) is 46.2 Å². The number of hydrogen-bond donors (Lipinski definition) is 0. The Kier molecular flexibility index (Phi) is 5.34. The largest absolute Gasteiger partial charge is 0.469 e. The van der Waals surface area contributed by atoms with Crippen molar-refractivity contribution in [2.75, 3.05) is 14.2 Å². The van der Waals surface area contributed by atoms with E-state index in [2.05, 4.69) is 15.9 Å². The zero-order chi connectivity index (χ0) is 16.3. The first-order valence-electron chi connectivity index (χ1n) is 6.76. The van der Waals surface area contributed by atoms with Crippen molar-refractivity contribution in [3.8, 4) is 0 Å². The standard InChI is InChI=1S/C16H16BrFO4/c1-21-15(19)11-5-3-4-10(14(11)16(20)22-2)9-6-7-12(17)13(18)8-9/h3-4,6-8,10-11,14H,5H2,1-2H3/t10?,11-,14-/m1/s1. The molecule has 0 heterocycles. The molecule has 0 aliphatic heterocycles. The van der Waals surface area contributed by atoms with Crippen LogP contribution in [0.1, 0.15) is 17.9 Å². The molecule has 1 aromatic carbocycles. The van der Waals surface area contributed by atoms with Crippen molar-refractivity contribution in [2.24, 2.45) is 11.8 Å². The number of allylic oxidation sites excluding steroid dienone is 2. The van der Waals surface area contributed by atoms with Crippen LogP contribution in [0.2, 0.25) is 0 Å². The number of benzene rings is 1. The van der Waals surface area contributed by atoms with Gasteiger partial charge in [-0.15, -0.1) is 0 Å². The van der Waals surface area contributed by atoms with Crippen LogP contribution in [0, 0.1) is 17.7 Å². The SMILES string of the molecule is COC(=O)[C@@H]1C(c2ccc(Br)c(F)c2)C=CC[C@H]1C(=O)OC. The van der Waals surface area contributed by atoms with Crippen molar-refractivity contribution < 1.29 is 23.5 Å². The van der Waals surface area contributed by atoms with Crippen molar-refractivity contribution in [1.82, 2.24) is 0 Å². The molecule has 3 atom stereocenters. The fourth-order valence-corrected chi connectivity index (χ4v) is 3.01. The predicted octanol–water partition coefficient (Wildman–Crippen LogP) is 3.21. The van der Waals surface area contributed by atoms with Crippen LogP contribution in [-0.4, -0.2) is 26.2 Å². The van der Waals surface area contributed by atoms with Gasteiger partial charge in [-0.1, -0.05) is 18.2 Å². The number of hydrogen-bond acceptors (Lipinski definition) is 4. The predicted molar refractivity (Wildman–Crippen MR) is 81.6 cm³/mol. The first-order chi connectivity index (χ1) is 10.5. The zero-order valence-corrected chi connectivity index (χ0v) is 13.8. The molecule has 4 nitrogen and oxygen atoms in total.